The Morgan fingerprint density at radius 3 is 2.84 bits per heavy atom. The highest BCUT2D eigenvalue weighted by molar-refractivity contribution is 9.10. The first-order valence-electron chi connectivity index (χ1n) is 6.09. The summed E-state index contributed by atoms with van der Waals surface area (Å²) < 4.78 is 16.3. The number of aromatic nitrogens is 3. The highest BCUT2D eigenvalue weighted by atomic mass is 79.9. The summed E-state index contributed by atoms with van der Waals surface area (Å²) in [4.78, 5) is 3.90. The van der Waals surface area contributed by atoms with Crippen LogP contribution in [-0.4, -0.2) is 20.8 Å². The third-order valence-corrected chi connectivity index (χ3v) is 3.38. The molecule has 0 aliphatic heterocycles. The topological polar surface area (TPSA) is 42.7 Å². The average Bonchev–Trinajstić information content (AvgIpc) is 2.81. The van der Waals surface area contributed by atoms with Gasteiger partial charge in [0.15, 0.2) is 0 Å². The zero-order chi connectivity index (χ0) is 13.8. The molecule has 0 amide bonds. The Balaban J connectivity index is 1.98. The lowest BCUT2D eigenvalue weighted by Crippen LogP contribution is -2.33. The van der Waals surface area contributed by atoms with E-state index in [4.69, 9.17) is 0 Å². The van der Waals surface area contributed by atoms with Gasteiger partial charge in [0.2, 0.25) is 0 Å². The van der Waals surface area contributed by atoms with E-state index in [9.17, 15) is 4.39 Å². The normalized spacial score (nSPS) is 14.3. The Morgan fingerprint density at radius 1 is 1.42 bits per heavy atom. The molecule has 19 heavy (non-hydrogen) atoms. The smallest absolute Gasteiger partial charge is 0.137 e. The van der Waals surface area contributed by atoms with Gasteiger partial charge in [0.05, 0.1) is 6.54 Å². The molecule has 1 heterocycles. The zero-order valence-corrected chi connectivity index (χ0v) is 12.4. The lowest BCUT2D eigenvalue weighted by molar-refractivity contribution is 0.405. The Hall–Kier alpha value is -1.27. The number of nitrogens with zero attached hydrogens (tertiary/aromatic N) is 3. The van der Waals surface area contributed by atoms with Gasteiger partial charge in [-0.3, -0.25) is 4.68 Å². The monoisotopic (exact) mass is 326 g/mol. The lowest BCUT2D eigenvalue weighted by Gasteiger charge is -2.20. The minimum Gasteiger partial charge on any atom is -0.306 e. The lowest BCUT2D eigenvalue weighted by atomic mass is 10.1. The molecule has 0 radical (unpaired) electrons. The van der Waals surface area contributed by atoms with E-state index in [1.165, 1.54) is 12.4 Å². The second-order valence-electron chi connectivity index (χ2n) is 4.57. The maximum Gasteiger partial charge on any atom is 0.137 e. The van der Waals surface area contributed by atoms with Crippen LogP contribution in [0.3, 0.4) is 0 Å². The highest BCUT2D eigenvalue weighted by Crippen LogP contribution is 2.21. The standard InChI is InChI=1S/C13H16BrFN4/c1-9(6-19-8-16-7-17-19)18-10(2)12-4-3-11(14)5-13(12)15/h3-5,7-10,18H,6H2,1-2H3/t9-,10+/m1/s1. The molecule has 0 spiro atoms. The summed E-state index contributed by atoms with van der Waals surface area (Å²) in [7, 11) is 0. The SMILES string of the molecule is C[C@H](Cn1cncn1)N[C@@H](C)c1ccc(Br)cc1F. The molecule has 1 aromatic carbocycles. The van der Waals surface area contributed by atoms with Crippen LogP contribution in [0.25, 0.3) is 0 Å². The fourth-order valence-corrected chi connectivity index (χ4v) is 2.36. The fourth-order valence-electron chi connectivity index (χ4n) is 2.03. The summed E-state index contributed by atoms with van der Waals surface area (Å²) >= 11 is 3.26. The van der Waals surface area contributed by atoms with E-state index in [-0.39, 0.29) is 17.9 Å². The summed E-state index contributed by atoms with van der Waals surface area (Å²) in [5.74, 6) is -0.206. The van der Waals surface area contributed by atoms with Crippen molar-refractivity contribution in [3.05, 3.63) is 46.7 Å². The first-order chi connectivity index (χ1) is 9.06. The van der Waals surface area contributed by atoms with Crippen molar-refractivity contribution in [3.63, 3.8) is 0 Å². The van der Waals surface area contributed by atoms with E-state index in [1.54, 1.807) is 17.1 Å². The van der Waals surface area contributed by atoms with Gasteiger partial charge in [-0.05, 0) is 26.0 Å². The van der Waals surface area contributed by atoms with Crippen LogP contribution in [0.5, 0.6) is 0 Å². The molecule has 0 saturated carbocycles. The summed E-state index contributed by atoms with van der Waals surface area (Å²) in [5.41, 5.74) is 0.661. The summed E-state index contributed by atoms with van der Waals surface area (Å²) in [6.45, 7) is 4.68. The summed E-state index contributed by atoms with van der Waals surface area (Å²) in [6, 6.07) is 5.22. The minimum atomic E-state index is -0.206. The van der Waals surface area contributed by atoms with E-state index in [0.717, 1.165) is 4.47 Å². The molecule has 0 aliphatic carbocycles. The Labute approximate surface area is 120 Å². The molecule has 2 aromatic rings. The van der Waals surface area contributed by atoms with Crippen molar-refractivity contribution < 1.29 is 4.39 Å². The van der Waals surface area contributed by atoms with Crippen LogP contribution in [0.4, 0.5) is 4.39 Å². The molecule has 1 N–H and O–H groups in total. The summed E-state index contributed by atoms with van der Waals surface area (Å²) in [5, 5.41) is 7.40. The van der Waals surface area contributed by atoms with Gasteiger partial charge < -0.3 is 5.32 Å². The van der Waals surface area contributed by atoms with Gasteiger partial charge in [-0.15, -0.1) is 0 Å². The highest BCUT2D eigenvalue weighted by Gasteiger charge is 2.14. The van der Waals surface area contributed by atoms with Crippen LogP contribution in [0.2, 0.25) is 0 Å². The van der Waals surface area contributed by atoms with Gasteiger partial charge in [0.1, 0.15) is 18.5 Å². The number of hydrogen-bond acceptors (Lipinski definition) is 3. The quantitative estimate of drug-likeness (QED) is 0.918. The van der Waals surface area contributed by atoms with Crippen LogP contribution >= 0.6 is 15.9 Å². The molecular weight excluding hydrogens is 311 g/mol. The van der Waals surface area contributed by atoms with Crippen LogP contribution in [0.15, 0.2) is 35.3 Å². The Kier molecular flexibility index (Phi) is 4.66. The van der Waals surface area contributed by atoms with Crippen molar-refractivity contribution in [3.8, 4) is 0 Å². The molecule has 4 nitrogen and oxygen atoms in total. The maximum absolute atomic E-state index is 13.8. The number of rotatable bonds is 5. The molecule has 0 aliphatic rings. The molecule has 0 saturated heterocycles. The van der Waals surface area contributed by atoms with E-state index >= 15 is 0 Å². The minimum absolute atomic E-state index is 0.0633. The van der Waals surface area contributed by atoms with Crippen molar-refractivity contribution in [2.45, 2.75) is 32.5 Å². The molecular formula is C13H16BrFN4. The van der Waals surface area contributed by atoms with E-state index < -0.39 is 0 Å². The molecule has 2 atom stereocenters. The number of nitrogens with one attached hydrogen (secondary N) is 1. The summed E-state index contributed by atoms with van der Waals surface area (Å²) in [6.07, 6.45) is 3.17. The zero-order valence-electron chi connectivity index (χ0n) is 10.8. The predicted octanol–water partition coefficient (Wildman–Crippen LogP) is 2.92. The van der Waals surface area contributed by atoms with Gasteiger partial charge in [-0.2, -0.15) is 5.10 Å². The Bertz CT molecular complexity index is 529. The molecule has 0 unspecified atom stereocenters. The number of benzene rings is 1. The van der Waals surface area contributed by atoms with Crippen LogP contribution in [0.1, 0.15) is 25.5 Å². The Morgan fingerprint density at radius 2 is 2.21 bits per heavy atom. The van der Waals surface area contributed by atoms with Crippen LogP contribution in [-0.2, 0) is 6.54 Å². The van der Waals surface area contributed by atoms with Crippen molar-refractivity contribution >= 4 is 15.9 Å². The van der Waals surface area contributed by atoms with Crippen molar-refractivity contribution in [1.29, 1.82) is 0 Å². The van der Waals surface area contributed by atoms with Gasteiger partial charge >= 0.3 is 0 Å². The fraction of sp³-hybridized carbons (Fsp3) is 0.385. The average molecular weight is 327 g/mol. The molecule has 6 heteroatoms. The van der Waals surface area contributed by atoms with Gasteiger partial charge in [0, 0.05) is 22.1 Å². The molecule has 0 fully saturated rings. The second-order valence-corrected chi connectivity index (χ2v) is 5.49. The van der Waals surface area contributed by atoms with Crippen molar-refractivity contribution in [2.24, 2.45) is 0 Å². The molecule has 102 valence electrons. The van der Waals surface area contributed by atoms with E-state index in [0.29, 0.717) is 12.1 Å². The van der Waals surface area contributed by atoms with Gasteiger partial charge in [-0.25, -0.2) is 9.37 Å². The largest absolute Gasteiger partial charge is 0.306 e. The second kappa shape index (κ2) is 6.25. The van der Waals surface area contributed by atoms with Crippen molar-refractivity contribution in [2.75, 3.05) is 0 Å². The molecule has 1 aromatic heterocycles. The van der Waals surface area contributed by atoms with E-state index in [1.807, 2.05) is 19.9 Å². The van der Waals surface area contributed by atoms with Gasteiger partial charge in [-0.1, -0.05) is 22.0 Å². The van der Waals surface area contributed by atoms with Crippen molar-refractivity contribution in [1.82, 2.24) is 20.1 Å². The maximum atomic E-state index is 13.8. The van der Waals surface area contributed by atoms with Crippen LogP contribution in [0, 0.1) is 5.82 Å². The number of hydrogen-bond donors (Lipinski definition) is 1. The predicted molar refractivity (Wildman–Crippen MR) is 75.1 cm³/mol. The van der Waals surface area contributed by atoms with Gasteiger partial charge in [0.25, 0.3) is 0 Å². The van der Waals surface area contributed by atoms with E-state index in [2.05, 4.69) is 31.3 Å². The molecule has 0 bridgehead atoms. The third kappa shape index (κ3) is 3.84. The van der Waals surface area contributed by atoms with Crippen LogP contribution < -0.4 is 5.32 Å². The first-order valence-corrected chi connectivity index (χ1v) is 6.89. The number of halogens is 2. The third-order valence-electron chi connectivity index (χ3n) is 2.89. The molecule has 2 rings (SSSR count). The first kappa shape index (κ1) is 14.1.